The van der Waals surface area contributed by atoms with Crippen LogP contribution in [-0.2, 0) is 17.4 Å². The predicted octanol–water partition coefficient (Wildman–Crippen LogP) is 2.40. The fraction of sp³-hybridized carbons (Fsp3) is 0.167. The van der Waals surface area contributed by atoms with Crippen LogP contribution in [0.25, 0.3) is 0 Å². The van der Waals surface area contributed by atoms with E-state index in [0.717, 1.165) is 12.1 Å². The van der Waals surface area contributed by atoms with E-state index in [2.05, 4.69) is 5.32 Å². The second-order valence-electron chi connectivity index (χ2n) is 5.48. The number of nitrogens with zero attached hydrogens (tertiary/aromatic N) is 1. The third kappa shape index (κ3) is 4.60. The number of halogens is 3. The molecule has 0 heterocycles. The molecule has 2 aromatic carbocycles. The first-order valence-corrected chi connectivity index (χ1v) is 7.48. The second-order valence-corrected chi connectivity index (χ2v) is 5.48. The lowest BCUT2D eigenvalue weighted by atomic mass is 10.0. The van der Waals surface area contributed by atoms with Crippen LogP contribution in [0.2, 0.25) is 0 Å². The highest BCUT2D eigenvalue weighted by molar-refractivity contribution is 5.98. The monoisotopic (exact) mass is 361 g/mol. The number of carbonyl (C=O) groups excluding carboxylic acids is 2. The maximum Gasteiger partial charge on any atom is 0.417 e. The summed E-state index contributed by atoms with van der Waals surface area (Å²) in [5.41, 5.74) is 4.58. The number of primary amides is 1. The molecule has 2 amide bonds. The van der Waals surface area contributed by atoms with Gasteiger partial charge in [-0.05, 0) is 29.8 Å². The Kier molecular flexibility index (Phi) is 5.62. The van der Waals surface area contributed by atoms with Crippen molar-refractivity contribution in [1.82, 2.24) is 5.32 Å². The van der Waals surface area contributed by atoms with Gasteiger partial charge in [-0.3, -0.25) is 9.59 Å². The molecule has 134 valence electrons. The zero-order valence-corrected chi connectivity index (χ0v) is 13.4. The summed E-state index contributed by atoms with van der Waals surface area (Å²) in [6.07, 6.45) is -4.72. The molecule has 8 heteroatoms. The summed E-state index contributed by atoms with van der Waals surface area (Å²) < 4.78 is 39.1. The molecule has 0 spiro atoms. The van der Waals surface area contributed by atoms with Crippen LogP contribution in [-0.4, -0.2) is 17.9 Å². The standard InChI is InChI=1S/C18H14F3N3O2/c19-18(20,21)14-4-2-1-3-13(14)17(26)24-15(16(23)25)9-11-5-7-12(10-22)8-6-11/h1-8,15H,9H2,(H2,23,25)(H,24,26)/t15-/m1/s1. The molecular formula is C18H14F3N3O2. The van der Waals surface area contributed by atoms with Gasteiger partial charge in [-0.1, -0.05) is 24.3 Å². The Hall–Kier alpha value is -3.34. The number of nitriles is 1. The molecular weight excluding hydrogens is 347 g/mol. The normalized spacial score (nSPS) is 12.1. The number of benzene rings is 2. The van der Waals surface area contributed by atoms with Gasteiger partial charge in [0.25, 0.3) is 5.91 Å². The van der Waals surface area contributed by atoms with Crippen molar-refractivity contribution in [2.75, 3.05) is 0 Å². The highest BCUT2D eigenvalue weighted by atomic mass is 19.4. The van der Waals surface area contributed by atoms with Crippen LogP contribution in [0.4, 0.5) is 13.2 Å². The highest BCUT2D eigenvalue weighted by Crippen LogP contribution is 2.31. The number of nitrogens with one attached hydrogen (secondary N) is 1. The lowest BCUT2D eigenvalue weighted by Gasteiger charge is -2.18. The highest BCUT2D eigenvalue weighted by Gasteiger charge is 2.35. The largest absolute Gasteiger partial charge is 0.417 e. The summed E-state index contributed by atoms with van der Waals surface area (Å²) in [5, 5.41) is 11.0. The van der Waals surface area contributed by atoms with Crippen molar-refractivity contribution >= 4 is 11.8 Å². The third-order valence-electron chi connectivity index (χ3n) is 3.65. The minimum Gasteiger partial charge on any atom is -0.368 e. The Morgan fingerprint density at radius 2 is 1.73 bits per heavy atom. The Balaban J connectivity index is 2.21. The molecule has 0 saturated heterocycles. The molecule has 3 N–H and O–H groups in total. The number of nitrogens with two attached hydrogens (primary N) is 1. The molecule has 0 aliphatic heterocycles. The Morgan fingerprint density at radius 3 is 2.27 bits per heavy atom. The third-order valence-corrected chi connectivity index (χ3v) is 3.65. The first-order valence-electron chi connectivity index (χ1n) is 7.48. The van der Waals surface area contributed by atoms with Gasteiger partial charge in [0.1, 0.15) is 6.04 Å². The molecule has 1 atom stereocenters. The topological polar surface area (TPSA) is 96.0 Å². The Bertz CT molecular complexity index is 855. The summed E-state index contributed by atoms with van der Waals surface area (Å²) in [5.74, 6) is -1.93. The number of amides is 2. The average Bonchev–Trinajstić information content (AvgIpc) is 2.61. The van der Waals surface area contributed by atoms with Gasteiger partial charge in [-0.25, -0.2) is 0 Å². The molecule has 2 rings (SSSR count). The molecule has 0 bridgehead atoms. The summed E-state index contributed by atoms with van der Waals surface area (Å²) in [6, 6.07) is 11.2. The fourth-order valence-corrected chi connectivity index (χ4v) is 2.34. The second kappa shape index (κ2) is 7.70. The van der Waals surface area contributed by atoms with Crippen LogP contribution < -0.4 is 11.1 Å². The number of hydrogen-bond acceptors (Lipinski definition) is 3. The maximum absolute atomic E-state index is 13.0. The van der Waals surface area contributed by atoms with E-state index >= 15 is 0 Å². The number of hydrogen-bond donors (Lipinski definition) is 2. The average molecular weight is 361 g/mol. The van der Waals surface area contributed by atoms with Crippen molar-refractivity contribution in [2.45, 2.75) is 18.6 Å². The van der Waals surface area contributed by atoms with E-state index < -0.39 is 35.2 Å². The van der Waals surface area contributed by atoms with Gasteiger partial charge in [-0.15, -0.1) is 0 Å². The molecule has 0 aromatic heterocycles. The smallest absolute Gasteiger partial charge is 0.368 e. The molecule has 2 aromatic rings. The molecule has 26 heavy (non-hydrogen) atoms. The van der Waals surface area contributed by atoms with Crippen molar-refractivity contribution in [1.29, 1.82) is 5.26 Å². The number of alkyl halides is 3. The molecule has 0 radical (unpaired) electrons. The van der Waals surface area contributed by atoms with Gasteiger partial charge >= 0.3 is 6.18 Å². The van der Waals surface area contributed by atoms with E-state index in [1.165, 1.54) is 24.3 Å². The van der Waals surface area contributed by atoms with Crippen molar-refractivity contribution in [2.24, 2.45) is 5.73 Å². The van der Waals surface area contributed by atoms with Crippen LogP contribution in [0.3, 0.4) is 0 Å². The number of rotatable bonds is 5. The van der Waals surface area contributed by atoms with Crippen LogP contribution in [0, 0.1) is 11.3 Å². The van der Waals surface area contributed by atoms with Gasteiger partial charge in [-0.2, -0.15) is 18.4 Å². The lowest BCUT2D eigenvalue weighted by molar-refractivity contribution is -0.137. The van der Waals surface area contributed by atoms with Gasteiger partial charge in [0, 0.05) is 6.42 Å². The quantitative estimate of drug-likeness (QED) is 0.856. The van der Waals surface area contributed by atoms with E-state index in [1.54, 1.807) is 12.1 Å². The Labute approximate surface area is 147 Å². The van der Waals surface area contributed by atoms with Crippen LogP contribution in [0.5, 0.6) is 0 Å². The SMILES string of the molecule is N#Cc1ccc(C[C@@H](NC(=O)c2ccccc2C(F)(F)F)C(N)=O)cc1. The molecule has 0 unspecified atom stereocenters. The first kappa shape index (κ1) is 19.0. The van der Waals surface area contributed by atoms with Crippen LogP contribution >= 0.6 is 0 Å². The van der Waals surface area contributed by atoms with E-state index in [9.17, 15) is 22.8 Å². The van der Waals surface area contributed by atoms with Gasteiger partial charge in [0.15, 0.2) is 0 Å². The van der Waals surface area contributed by atoms with Gasteiger partial charge < -0.3 is 11.1 Å². The maximum atomic E-state index is 13.0. The first-order chi connectivity index (χ1) is 12.2. The summed E-state index contributed by atoms with van der Waals surface area (Å²) in [4.78, 5) is 23.9. The molecule has 0 aliphatic rings. The van der Waals surface area contributed by atoms with Crippen LogP contribution in [0.1, 0.15) is 27.0 Å². The summed E-state index contributed by atoms with van der Waals surface area (Å²) >= 11 is 0. The Morgan fingerprint density at radius 1 is 1.12 bits per heavy atom. The fourth-order valence-electron chi connectivity index (χ4n) is 2.34. The van der Waals surface area contributed by atoms with Crippen molar-refractivity contribution in [3.63, 3.8) is 0 Å². The molecule has 0 fully saturated rings. The van der Waals surface area contributed by atoms with E-state index in [4.69, 9.17) is 11.0 Å². The van der Waals surface area contributed by atoms with Crippen molar-refractivity contribution < 1.29 is 22.8 Å². The minimum atomic E-state index is -4.71. The molecule has 0 saturated carbocycles. The number of carbonyl (C=O) groups is 2. The van der Waals surface area contributed by atoms with Crippen LogP contribution in [0.15, 0.2) is 48.5 Å². The lowest BCUT2D eigenvalue weighted by Crippen LogP contribution is -2.46. The summed E-state index contributed by atoms with van der Waals surface area (Å²) in [6.45, 7) is 0. The van der Waals surface area contributed by atoms with Gasteiger partial charge in [0.05, 0.1) is 22.8 Å². The van der Waals surface area contributed by atoms with Gasteiger partial charge in [0.2, 0.25) is 5.91 Å². The van der Waals surface area contributed by atoms with Crippen molar-refractivity contribution in [3.8, 4) is 6.07 Å². The van der Waals surface area contributed by atoms with Crippen molar-refractivity contribution in [3.05, 3.63) is 70.8 Å². The van der Waals surface area contributed by atoms with E-state index in [0.29, 0.717) is 11.1 Å². The zero-order valence-electron chi connectivity index (χ0n) is 13.4. The van der Waals surface area contributed by atoms with E-state index in [1.807, 2.05) is 6.07 Å². The zero-order chi connectivity index (χ0) is 19.3. The summed E-state index contributed by atoms with van der Waals surface area (Å²) in [7, 11) is 0. The minimum absolute atomic E-state index is 0.0129. The molecule has 0 aliphatic carbocycles. The predicted molar refractivity (Wildman–Crippen MR) is 86.8 cm³/mol. The molecule has 5 nitrogen and oxygen atoms in total. The van der Waals surface area contributed by atoms with E-state index in [-0.39, 0.29) is 6.42 Å².